The number of unbranched alkanes of at least 4 members (excludes halogenated alkanes) is 4. The number of rotatable bonds is 17. The van der Waals surface area contributed by atoms with Crippen LogP contribution in [0, 0.1) is 0 Å². The molecule has 1 N–H and O–H groups in total. The highest BCUT2D eigenvalue weighted by Gasteiger charge is 2.27. The summed E-state index contributed by atoms with van der Waals surface area (Å²) in [6.45, 7) is 2.15. The van der Waals surface area contributed by atoms with Crippen LogP contribution in [-0.4, -0.2) is 41.6 Å². The third-order valence-electron chi connectivity index (χ3n) is 6.00. The zero-order valence-corrected chi connectivity index (χ0v) is 23.1. The number of halogens is 2. The van der Waals surface area contributed by atoms with E-state index < -0.39 is 28.7 Å². The quantitative estimate of drug-likeness (QED) is 0.0742. The zero-order valence-electron chi connectivity index (χ0n) is 21.6. The van der Waals surface area contributed by atoms with E-state index >= 15 is 0 Å². The third kappa shape index (κ3) is 11.6. The number of ether oxygens (including phenoxy) is 2. The molecule has 2 rings (SSSR count). The molecule has 3 atom stereocenters. The Hall–Kier alpha value is -2.57. The van der Waals surface area contributed by atoms with Crippen molar-refractivity contribution in [2.45, 2.75) is 81.6 Å². The number of nitrogens with one attached hydrogen (secondary N) is 1. The van der Waals surface area contributed by atoms with Gasteiger partial charge in [0.2, 0.25) is 5.91 Å². The summed E-state index contributed by atoms with van der Waals surface area (Å²) >= 11 is 12.9. The lowest BCUT2D eigenvalue weighted by molar-refractivity contribution is -0.151. The summed E-state index contributed by atoms with van der Waals surface area (Å²) in [5.74, 6) is -0.643. The SMILES string of the molecule is CCCCCCCC(CCC(Cl)C(Cl)C(=O)c1ccc(OC)cc1)OC(=O)CC(=O)Nc1ccccc1. The molecule has 1 amide bonds. The molecule has 0 aromatic heterocycles. The number of esters is 1. The number of hydrogen-bond acceptors (Lipinski definition) is 5. The monoisotopic (exact) mass is 549 g/mol. The Morgan fingerprint density at radius 2 is 1.54 bits per heavy atom. The van der Waals surface area contributed by atoms with Crippen LogP contribution in [0.4, 0.5) is 5.69 Å². The second-order valence-corrected chi connectivity index (χ2v) is 10.0. The number of para-hydroxylation sites is 1. The van der Waals surface area contributed by atoms with Gasteiger partial charge in [-0.25, -0.2) is 0 Å². The molecule has 0 saturated heterocycles. The van der Waals surface area contributed by atoms with Crippen LogP contribution in [0.15, 0.2) is 54.6 Å². The summed E-state index contributed by atoms with van der Waals surface area (Å²) < 4.78 is 10.8. The van der Waals surface area contributed by atoms with Gasteiger partial charge < -0.3 is 14.8 Å². The fourth-order valence-electron chi connectivity index (χ4n) is 3.89. The highest BCUT2D eigenvalue weighted by Crippen LogP contribution is 2.24. The maximum absolute atomic E-state index is 12.8. The molecule has 0 radical (unpaired) electrons. The van der Waals surface area contributed by atoms with Crippen LogP contribution in [-0.2, 0) is 14.3 Å². The first-order valence-electron chi connectivity index (χ1n) is 12.8. The van der Waals surface area contributed by atoms with Gasteiger partial charge in [0.25, 0.3) is 0 Å². The van der Waals surface area contributed by atoms with Gasteiger partial charge in [-0.3, -0.25) is 14.4 Å². The van der Waals surface area contributed by atoms with Gasteiger partial charge >= 0.3 is 5.97 Å². The number of ketones is 1. The van der Waals surface area contributed by atoms with Crippen LogP contribution in [0.5, 0.6) is 5.75 Å². The van der Waals surface area contributed by atoms with Crippen LogP contribution in [0.3, 0.4) is 0 Å². The van der Waals surface area contributed by atoms with Gasteiger partial charge in [0.05, 0.1) is 12.5 Å². The normalized spacial score (nSPS) is 13.3. The molecule has 0 spiro atoms. The van der Waals surface area contributed by atoms with Crippen molar-refractivity contribution in [3.05, 3.63) is 60.2 Å². The summed E-state index contributed by atoms with van der Waals surface area (Å²) in [5, 5.41) is 1.13. The average molecular weight is 551 g/mol. The van der Waals surface area contributed by atoms with Crippen molar-refractivity contribution < 1.29 is 23.9 Å². The molecule has 0 saturated carbocycles. The number of carbonyl (C=O) groups excluding carboxylic acids is 3. The van der Waals surface area contributed by atoms with E-state index in [-0.39, 0.29) is 12.2 Å². The first-order valence-corrected chi connectivity index (χ1v) is 13.7. The minimum absolute atomic E-state index is 0.269. The fourth-order valence-corrected chi connectivity index (χ4v) is 4.39. The Bertz CT molecular complexity index is 968. The van der Waals surface area contributed by atoms with E-state index in [1.165, 1.54) is 0 Å². The Balaban J connectivity index is 1.90. The average Bonchev–Trinajstić information content (AvgIpc) is 2.90. The number of Topliss-reactive ketones (excluding diaryl/α,β-unsaturated/α-hetero) is 1. The predicted octanol–water partition coefficient (Wildman–Crippen LogP) is 7.17. The van der Waals surface area contributed by atoms with Crippen LogP contribution < -0.4 is 10.1 Å². The third-order valence-corrected chi connectivity index (χ3v) is 7.10. The molecule has 0 bridgehead atoms. The minimum Gasteiger partial charge on any atom is -0.497 e. The summed E-state index contributed by atoms with van der Waals surface area (Å²) in [4.78, 5) is 37.5. The molecule has 0 aliphatic rings. The van der Waals surface area contributed by atoms with E-state index in [2.05, 4.69) is 12.2 Å². The zero-order chi connectivity index (χ0) is 27.0. The Morgan fingerprint density at radius 3 is 2.19 bits per heavy atom. The molecule has 3 unspecified atom stereocenters. The van der Waals surface area contributed by atoms with Gasteiger partial charge in [-0.15, -0.1) is 23.2 Å². The largest absolute Gasteiger partial charge is 0.497 e. The van der Waals surface area contributed by atoms with E-state index in [1.54, 1.807) is 55.6 Å². The van der Waals surface area contributed by atoms with Gasteiger partial charge in [0, 0.05) is 11.3 Å². The molecule has 202 valence electrons. The Morgan fingerprint density at radius 1 is 0.865 bits per heavy atom. The van der Waals surface area contributed by atoms with Gasteiger partial charge in [0.1, 0.15) is 23.7 Å². The van der Waals surface area contributed by atoms with Crippen LogP contribution >= 0.6 is 23.2 Å². The molecule has 2 aromatic rings. The first kappa shape index (κ1) is 30.7. The summed E-state index contributed by atoms with van der Waals surface area (Å²) in [6, 6.07) is 15.6. The molecule has 0 fully saturated rings. The predicted molar refractivity (Wildman–Crippen MR) is 149 cm³/mol. The van der Waals surface area contributed by atoms with Gasteiger partial charge in [-0.05, 0) is 62.1 Å². The highest BCUT2D eigenvalue weighted by atomic mass is 35.5. The van der Waals surface area contributed by atoms with Crippen molar-refractivity contribution in [2.75, 3.05) is 12.4 Å². The topological polar surface area (TPSA) is 81.7 Å². The van der Waals surface area contributed by atoms with Crippen molar-refractivity contribution in [1.29, 1.82) is 0 Å². The lowest BCUT2D eigenvalue weighted by atomic mass is 10.00. The van der Waals surface area contributed by atoms with Crippen molar-refractivity contribution in [1.82, 2.24) is 0 Å². The maximum Gasteiger partial charge on any atom is 0.315 e. The van der Waals surface area contributed by atoms with Crippen molar-refractivity contribution in [3.8, 4) is 5.75 Å². The standard InChI is InChI=1S/C29H37Cl2NO5/c1-3-4-5-6-10-13-24(37-27(34)20-26(33)32-22-11-8-7-9-12-22)18-19-25(30)28(31)29(35)21-14-16-23(36-2)17-15-21/h7-9,11-12,14-17,24-25,28H,3-6,10,13,18-20H2,1-2H3,(H,32,33). The van der Waals surface area contributed by atoms with E-state index in [0.29, 0.717) is 36.3 Å². The van der Waals surface area contributed by atoms with Crippen molar-refractivity contribution in [2.24, 2.45) is 0 Å². The summed E-state index contributed by atoms with van der Waals surface area (Å²) in [5.41, 5.74) is 1.07. The molecular formula is C29H37Cl2NO5. The second kappa shape index (κ2) is 17.0. The number of benzene rings is 2. The molecule has 0 heterocycles. The second-order valence-electron chi connectivity index (χ2n) is 8.99. The van der Waals surface area contributed by atoms with E-state index in [1.807, 2.05) is 6.07 Å². The summed E-state index contributed by atoms with van der Waals surface area (Å²) in [7, 11) is 1.55. The number of anilines is 1. The molecule has 0 aliphatic carbocycles. The number of carbonyl (C=O) groups is 3. The summed E-state index contributed by atoms with van der Waals surface area (Å²) in [6.07, 6.45) is 6.09. The van der Waals surface area contributed by atoms with Gasteiger partial charge in [-0.1, -0.05) is 50.8 Å². The first-order chi connectivity index (χ1) is 17.8. The van der Waals surface area contributed by atoms with Crippen molar-refractivity contribution >= 4 is 46.5 Å². The minimum atomic E-state index is -0.924. The number of alkyl halides is 2. The van der Waals surface area contributed by atoms with Crippen LogP contribution in [0.2, 0.25) is 0 Å². The lowest BCUT2D eigenvalue weighted by Crippen LogP contribution is -2.28. The van der Waals surface area contributed by atoms with Crippen LogP contribution in [0.1, 0.15) is 75.1 Å². The van der Waals surface area contributed by atoms with Gasteiger partial charge in [-0.2, -0.15) is 0 Å². The highest BCUT2D eigenvalue weighted by molar-refractivity contribution is 6.39. The fraction of sp³-hybridized carbons (Fsp3) is 0.483. The Labute approximate surface area is 230 Å². The molecular weight excluding hydrogens is 513 g/mol. The number of methoxy groups -OCH3 is 1. The smallest absolute Gasteiger partial charge is 0.315 e. The molecule has 37 heavy (non-hydrogen) atoms. The van der Waals surface area contributed by atoms with Crippen LogP contribution in [0.25, 0.3) is 0 Å². The molecule has 8 heteroatoms. The van der Waals surface area contributed by atoms with E-state index in [9.17, 15) is 14.4 Å². The molecule has 0 aliphatic heterocycles. The lowest BCUT2D eigenvalue weighted by Gasteiger charge is -2.21. The van der Waals surface area contributed by atoms with Crippen molar-refractivity contribution in [3.63, 3.8) is 0 Å². The maximum atomic E-state index is 12.8. The van der Waals surface area contributed by atoms with E-state index in [4.69, 9.17) is 32.7 Å². The van der Waals surface area contributed by atoms with Gasteiger partial charge in [0.15, 0.2) is 5.78 Å². The molecule has 6 nitrogen and oxygen atoms in total. The molecule has 2 aromatic carbocycles. The van der Waals surface area contributed by atoms with E-state index in [0.717, 1.165) is 32.1 Å². The number of hydrogen-bond donors (Lipinski definition) is 1. The Kier molecular flexibility index (Phi) is 14.1. The number of amides is 1.